The molecule has 1 rings (SSSR count). The first-order valence-electron chi connectivity index (χ1n) is 9.07. The van der Waals surface area contributed by atoms with Gasteiger partial charge >= 0.3 is 0 Å². The van der Waals surface area contributed by atoms with Crippen LogP contribution in [-0.2, 0) is 0 Å². The van der Waals surface area contributed by atoms with E-state index in [2.05, 4.69) is 59.8 Å². The van der Waals surface area contributed by atoms with Gasteiger partial charge in [0.1, 0.15) is 0 Å². The Morgan fingerprint density at radius 1 is 0.955 bits per heavy atom. The quantitative estimate of drug-likeness (QED) is 0.598. The van der Waals surface area contributed by atoms with Crippen LogP contribution in [0.4, 0.5) is 0 Å². The van der Waals surface area contributed by atoms with Gasteiger partial charge in [-0.3, -0.25) is 9.80 Å². The molecule has 0 atom stereocenters. The van der Waals surface area contributed by atoms with Gasteiger partial charge in [0.05, 0.1) is 0 Å². The lowest BCUT2D eigenvalue weighted by Crippen LogP contribution is -2.47. The van der Waals surface area contributed by atoms with Gasteiger partial charge in [-0.25, -0.2) is 0 Å². The molecule has 22 heavy (non-hydrogen) atoms. The van der Waals surface area contributed by atoms with E-state index >= 15 is 0 Å². The summed E-state index contributed by atoms with van der Waals surface area (Å²) in [6, 6.07) is 0.631. The van der Waals surface area contributed by atoms with Crippen LogP contribution in [0.2, 0.25) is 0 Å². The van der Waals surface area contributed by atoms with Crippen molar-refractivity contribution in [1.29, 1.82) is 0 Å². The Labute approximate surface area is 138 Å². The van der Waals surface area contributed by atoms with E-state index in [9.17, 15) is 0 Å². The summed E-state index contributed by atoms with van der Waals surface area (Å²) < 4.78 is 0. The lowest BCUT2D eigenvalue weighted by Gasteiger charge is -2.32. The third kappa shape index (κ3) is 8.44. The van der Waals surface area contributed by atoms with Gasteiger partial charge in [0, 0.05) is 71.5 Å². The predicted molar refractivity (Wildman–Crippen MR) is 96.7 cm³/mol. The Kier molecular flexibility index (Phi) is 10.2. The van der Waals surface area contributed by atoms with Crippen molar-refractivity contribution in [3.63, 3.8) is 0 Å². The van der Waals surface area contributed by atoms with Crippen molar-refractivity contribution in [3.05, 3.63) is 0 Å². The van der Waals surface area contributed by atoms with Gasteiger partial charge in [-0.05, 0) is 34.5 Å². The average Bonchev–Trinajstić information content (AvgIpc) is 2.50. The standard InChI is InChI=1S/C17H39N5/c1-6-20(12-13-21-9-7-18-8-10-21)14-16-22(17(2)3)15-11-19(4)5/h17-18H,6-16H2,1-5H3. The Morgan fingerprint density at radius 3 is 2.14 bits per heavy atom. The van der Waals surface area contributed by atoms with E-state index < -0.39 is 0 Å². The molecular weight excluding hydrogens is 274 g/mol. The van der Waals surface area contributed by atoms with E-state index in [4.69, 9.17) is 0 Å². The Balaban J connectivity index is 2.27. The molecule has 132 valence electrons. The molecule has 0 aliphatic carbocycles. The molecule has 0 aromatic heterocycles. The van der Waals surface area contributed by atoms with Crippen LogP contribution in [0.15, 0.2) is 0 Å². The van der Waals surface area contributed by atoms with E-state index in [0.717, 1.165) is 26.2 Å². The first-order chi connectivity index (χ1) is 10.5. The Morgan fingerprint density at radius 2 is 1.59 bits per heavy atom. The van der Waals surface area contributed by atoms with Gasteiger partial charge in [0.15, 0.2) is 0 Å². The van der Waals surface area contributed by atoms with Crippen LogP contribution >= 0.6 is 0 Å². The monoisotopic (exact) mass is 313 g/mol. The SMILES string of the molecule is CCN(CCN1CCNCC1)CCN(CCN(C)C)C(C)C. The zero-order valence-electron chi connectivity index (χ0n) is 15.6. The van der Waals surface area contributed by atoms with E-state index in [1.807, 2.05) is 0 Å². The summed E-state index contributed by atoms with van der Waals surface area (Å²) in [4.78, 5) is 10.1. The fraction of sp³-hybridized carbons (Fsp3) is 1.00. The minimum absolute atomic E-state index is 0.631. The van der Waals surface area contributed by atoms with Crippen molar-refractivity contribution in [2.75, 3.05) is 86.1 Å². The largest absolute Gasteiger partial charge is 0.314 e. The summed E-state index contributed by atoms with van der Waals surface area (Å²) in [6.07, 6.45) is 0. The minimum Gasteiger partial charge on any atom is -0.314 e. The van der Waals surface area contributed by atoms with Crippen LogP contribution in [0.25, 0.3) is 0 Å². The smallest absolute Gasteiger partial charge is 0.0113 e. The molecule has 0 saturated carbocycles. The first-order valence-corrected chi connectivity index (χ1v) is 9.07. The van der Waals surface area contributed by atoms with E-state index in [1.54, 1.807) is 0 Å². The molecule has 1 fully saturated rings. The van der Waals surface area contributed by atoms with Crippen molar-refractivity contribution in [1.82, 2.24) is 24.9 Å². The van der Waals surface area contributed by atoms with Crippen molar-refractivity contribution >= 4 is 0 Å². The highest BCUT2D eigenvalue weighted by atomic mass is 15.2. The lowest BCUT2D eigenvalue weighted by atomic mass is 10.3. The van der Waals surface area contributed by atoms with Gasteiger partial charge < -0.3 is 15.1 Å². The molecule has 0 bridgehead atoms. The predicted octanol–water partition coefficient (Wildman–Crippen LogP) is 0.486. The lowest BCUT2D eigenvalue weighted by molar-refractivity contribution is 0.150. The molecule has 0 aromatic rings. The summed E-state index contributed by atoms with van der Waals surface area (Å²) in [5.41, 5.74) is 0. The highest BCUT2D eigenvalue weighted by Gasteiger charge is 2.14. The fourth-order valence-corrected chi connectivity index (χ4v) is 2.87. The third-order valence-electron chi connectivity index (χ3n) is 4.66. The molecule has 1 saturated heterocycles. The van der Waals surface area contributed by atoms with E-state index in [1.165, 1.54) is 45.8 Å². The van der Waals surface area contributed by atoms with Crippen LogP contribution < -0.4 is 5.32 Å². The number of hydrogen-bond acceptors (Lipinski definition) is 5. The van der Waals surface area contributed by atoms with E-state index in [0.29, 0.717) is 6.04 Å². The van der Waals surface area contributed by atoms with Crippen LogP contribution in [-0.4, -0.2) is 112 Å². The molecule has 5 heteroatoms. The summed E-state index contributed by atoms with van der Waals surface area (Å²) in [7, 11) is 4.31. The van der Waals surface area contributed by atoms with Gasteiger partial charge in [0.2, 0.25) is 0 Å². The summed E-state index contributed by atoms with van der Waals surface area (Å²) in [6.45, 7) is 19.9. The maximum Gasteiger partial charge on any atom is 0.0113 e. The molecule has 0 aromatic carbocycles. The summed E-state index contributed by atoms with van der Waals surface area (Å²) in [5, 5.41) is 3.43. The minimum atomic E-state index is 0.631. The van der Waals surface area contributed by atoms with Crippen LogP contribution in [0.3, 0.4) is 0 Å². The second-order valence-electron chi connectivity index (χ2n) is 6.96. The molecule has 0 radical (unpaired) electrons. The number of likely N-dealkylation sites (N-methyl/N-ethyl adjacent to an activating group) is 2. The molecule has 1 aliphatic heterocycles. The van der Waals surface area contributed by atoms with Crippen LogP contribution in [0.5, 0.6) is 0 Å². The molecule has 0 amide bonds. The summed E-state index contributed by atoms with van der Waals surface area (Å²) >= 11 is 0. The molecule has 0 unspecified atom stereocenters. The zero-order valence-corrected chi connectivity index (χ0v) is 15.6. The number of piperazine rings is 1. The molecule has 0 spiro atoms. The van der Waals surface area contributed by atoms with Crippen molar-refractivity contribution in [2.45, 2.75) is 26.8 Å². The normalized spacial score (nSPS) is 17.3. The van der Waals surface area contributed by atoms with Crippen molar-refractivity contribution in [3.8, 4) is 0 Å². The van der Waals surface area contributed by atoms with Gasteiger partial charge in [-0.15, -0.1) is 0 Å². The zero-order chi connectivity index (χ0) is 16.4. The van der Waals surface area contributed by atoms with Gasteiger partial charge in [-0.2, -0.15) is 0 Å². The second-order valence-corrected chi connectivity index (χ2v) is 6.96. The van der Waals surface area contributed by atoms with Crippen LogP contribution in [0, 0.1) is 0 Å². The number of rotatable bonds is 11. The maximum absolute atomic E-state index is 3.43. The molecule has 1 aliphatic rings. The first kappa shape index (κ1) is 19.8. The molecule has 1 N–H and O–H groups in total. The van der Waals surface area contributed by atoms with Crippen molar-refractivity contribution in [2.24, 2.45) is 0 Å². The van der Waals surface area contributed by atoms with E-state index in [-0.39, 0.29) is 0 Å². The highest BCUT2D eigenvalue weighted by Crippen LogP contribution is 2.01. The molecule has 5 nitrogen and oxygen atoms in total. The molecular formula is C17H39N5. The fourth-order valence-electron chi connectivity index (χ4n) is 2.87. The molecule has 1 heterocycles. The van der Waals surface area contributed by atoms with Crippen LogP contribution in [0.1, 0.15) is 20.8 Å². The number of hydrogen-bond donors (Lipinski definition) is 1. The van der Waals surface area contributed by atoms with Gasteiger partial charge in [-0.1, -0.05) is 6.92 Å². The maximum atomic E-state index is 3.43. The Bertz CT molecular complexity index is 264. The highest BCUT2D eigenvalue weighted by molar-refractivity contribution is 4.71. The van der Waals surface area contributed by atoms with Gasteiger partial charge in [0.25, 0.3) is 0 Å². The number of nitrogens with one attached hydrogen (secondary N) is 1. The third-order valence-corrected chi connectivity index (χ3v) is 4.66. The Hall–Kier alpha value is -0.200. The second kappa shape index (κ2) is 11.4. The number of nitrogens with zero attached hydrogens (tertiary/aromatic N) is 4. The topological polar surface area (TPSA) is 25.0 Å². The van der Waals surface area contributed by atoms with Crippen molar-refractivity contribution < 1.29 is 0 Å². The average molecular weight is 314 g/mol. The summed E-state index contributed by atoms with van der Waals surface area (Å²) in [5.74, 6) is 0.